The molecular formula is C13H19N3O3S2. The molecule has 0 heterocycles. The Morgan fingerprint density at radius 1 is 1.29 bits per heavy atom. The van der Waals surface area contributed by atoms with Crippen LogP contribution in [0.4, 0.5) is 0 Å². The molecule has 1 aromatic carbocycles. The fraction of sp³-hybridized carbons (Fsp3) is 0.385. The van der Waals surface area contributed by atoms with Crippen LogP contribution in [-0.4, -0.2) is 25.4 Å². The highest BCUT2D eigenvalue weighted by Crippen LogP contribution is 2.18. The van der Waals surface area contributed by atoms with E-state index in [-0.39, 0.29) is 15.8 Å². The molecule has 0 saturated heterocycles. The summed E-state index contributed by atoms with van der Waals surface area (Å²) in [6.45, 7) is 5.05. The molecule has 5 N–H and O–H groups in total. The van der Waals surface area contributed by atoms with Gasteiger partial charge in [0.15, 0.2) is 0 Å². The number of benzene rings is 1. The minimum atomic E-state index is -3.86. The fourth-order valence-electron chi connectivity index (χ4n) is 1.86. The van der Waals surface area contributed by atoms with Gasteiger partial charge in [0, 0.05) is 5.56 Å². The van der Waals surface area contributed by atoms with Gasteiger partial charge >= 0.3 is 0 Å². The molecule has 0 aliphatic carbocycles. The second-order valence-corrected chi connectivity index (χ2v) is 7.21. The summed E-state index contributed by atoms with van der Waals surface area (Å²) in [6.07, 6.45) is 0. The van der Waals surface area contributed by atoms with Gasteiger partial charge in [0.2, 0.25) is 15.9 Å². The normalized spacial score (nSPS) is 13.1. The van der Waals surface area contributed by atoms with Crippen LogP contribution in [0.25, 0.3) is 0 Å². The van der Waals surface area contributed by atoms with Crippen molar-refractivity contribution in [2.45, 2.75) is 31.7 Å². The van der Waals surface area contributed by atoms with Crippen LogP contribution in [0.5, 0.6) is 0 Å². The van der Waals surface area contributed by atoms with Crippen molar-refractivity contribution < 1.29 is 13.2 Å². The van der Waals surface area contributed by atoms with Crippen LogP contribution >= 0.6 is 12.2 Å². The minimum absolute atomic E-state index is 0.0643. The highest BCUT2D eigenvalue weighted by Gasteiger charge is 2.27. The van der Waals surface area contributed by atoms with Crippen molar-refractivity contribution in [3.8, 4) is 0 Å². The van der Waals surface area contributed by atoms with Gasteiger partial charge in [-0.2, -0.15) is 4.72 Å². The lowest BCUT2D eigenvalue weighted by atomic mass is 10.1. The van der Waals surface area contributed by atoms with E-state index >= 15 is 0 Å². The SMILES string of the molecule is Cc1cc(C(N)=S)ccc1S(=O)(=O)NC(C(N)=O)C(C)C. The first-order chi connectivity index (χ1) is 9.56. The first-order valence-corrected chi connectivity index (χ1v) is 8.17. The van der Waals surface area contributed by atoms with Crippen LogP contribution in [0, 0.1) is 12.8 Å². The van der Waals surface area contributed by atoms with Gasteiger partial charge in [-0.15, -0.1) is 0 Å². The van der Waals surface area contributed by atoms with Crippen molar-refractivity contribution in [2.24, 2.45) is 17.4 Å². The Balaban J connectivity index is 3.19. The number of sulfonamides is 1. The number of nitrogens with one attached hydrogen (secondary N) is 1. The van der Waals surface area contributed by atoms with E-state index in [1.807, 2.05) is 0 Å². The first-order valence-electron chi connectivity index (χ1n) is 6.28. The van der Waals surface area contributed by atoms with Gasteiger partial charge in [-0.25, -0.2) is 8.42 Å². The molecule has 21 heavy (non-hydrogen) atoms. The lowest BCUT2D eigenvalue weighted by Gasteiger charge is -2.19. The molecule has 1 rings (SSSR count). The number of rotatable bonds is 6. The van der Waals surface area contributed by atoms with E-state index in [4.69, 9.17) is 23.7 Å². The standard InChI is InChI=1S/C13H19N3O3S2/c1-7(2)11(12(14)17)16-21(18,19)10-5-4-9(13(15)20)6-8(10)3/h4-7,11,16H,1-3H3,(H2,14,17)(H2,15,20). The van der Waals surface area contributed by atoms with Crippen molar-refractivity contribution in [1.29, 1.82) is 0 Å². The molecule has 0 spiro atoms. The lowest BCUT2D eigenvalue weighted by Crippen LogP contribution is -2.47. The van der Waals surface area contributed by atoms with E-state index in [0.29, 0.717) is 11.1 Å². The molecule has 0 fully saturated rings. The molecule has 1 unspecified atom stereocenters. The molecule has 8 heteroatoms. The van der Waals surface area contributed by atoms with E-state index in [1.165, 1.54) is 12.1 Å². The van der Waals surface area contributed by atoms with E-state index in [9.17, 15) is 13.2 Å². The molecule has 0 aliphatic rings. The van der Waals surface area contributed by atoms with Crippen molar-refractivity contribution >= 4 is 33.1 Å². The van der Waals surface area contributed by atoms with Crippen LogP contribution in [0.15, 0.2) is 23.1 Å². The van der Waals surface area contributed by atoms with Crippen LogP contribution in [0.3, 0.4) is 0 Å². The van der Waals surface area contributed by atoms with E-state index in [0.717, 1.165) is 0 Å². The second kappa shape index (κ2) is 6.50. The van der Waals surface area contributed by atoms with Crippen LogP contribution in [0.1, 0.15) is 25.0 Å². The summed E-state index contributed by atoms with van der Waals surface area (Å²) in [4.78, 5) is 11.6. The Labute approximate surface area is 129 Å². The van der Waals surface area contributed by atoms with Gasteiger partial charge in [-0.3, -0.25) is 4.79 Å². The molecule has 1 aromatic rings. The van der Waals surface area contributed by atoms with Crippen molar-refractivity contribution in [3.63, 3.8) is 0 Å². The average molecular weight is 329 g/mol. The third kappa shape index (κ3) is 4.23. The van der Waals surface area contributed by atoms with Crippen molar-refractivity contribution in [1.82, 2.24) is 4.72 Å². The Hall–Kier alpha value is -1.51. The van der Waals surface area contributed by atoms with Crippen LogP contribution < -0.4 is 16.2 Å². The van der Waals surface area contributed by atoms with Gasteiger partial charge in [-0.05, 0) is 30.5 Å². The molecule has 0 bridgehead atoms. The van der Waals surface area contributed by atoms with E-state index < -0.39 is 22.0 Å². The smallest absolute Gasteiger partial charge is 0.241 e. The average Bonchev–Trinajstić information content (AvgIpc) is 2.34. The quantitative estimate of drug-likeness (QED) is 0.654. The van der Waals surface area contributed by atoms with Gasteiger partial charge in [0.1, 0.15) is 11.0 Å². The zero-order valence-electron chi connectivity index (χ0n) is 12.1. The molecule has 116 valence electrons. The number of thiocarbonyl (C=S) groups is 1. The molecule has 0 radical (unpaired) electrons. The minimum Gasteiger partial charge on any atom is -0.389 e. The maximum Gasteiger partial charge on any atom is 0.241 e. The van der Waals surface area contributed by atoms with Crippen molar-refractivity contribution in [3.05, 3.63) is 29.3 Å². The molecule has 0 saturated carbocycles. The Morgan fingerprint density at radius 2 is 1.86 bits per heavy atom. The van der Waals surface area contributed by atoms with E-state index in [2.05, 4.69) is 4.72 Å². The summed E-state index contributed by atoms with van der Waals surface area (Å²) in [5.74, 6) is -0.973. The third-order valence-corrected chi connectivity index (χ3v) is 4.84. The number of amides is 1. The number of aryl methyl sites for hydroxylation is 1. The maximum atomic E-state index is 12.4. The highest BCUT2D eigenvalue weighted by atomic mass is 32.2. The third-order valence-electron chi connectivity index (χ3n) is 3.00. The fourth-order valence-corrected chi connectivity index (χ4v) is 3.56. The predicted molar refractivity (Wildman–Crippen MR) is 85.2 cm³/mol. The highest BCUT2D eigenvalue weighted by molar-refractivity contribution is 7.89. The number of nitrogens with two attached hydrogens (primary N) is 2. The maximum absolute atomic E-state index is 12.4. The Kier molecular flexibility index (Phi) is 5.43. The van der Waals surface area contributed by atoms with Crippen LogP contribution in [-0.2, 0) is 14.8 Å². The summed E-state index contributed by atoms with van der Waals surface area (Å²) in [5.41, 5.74) is 11.8. The molecular weight excluding hydrogens is 310 g/mol. The number of carbonyl (C=O) groups is 1. The van der Waals surface area contributed by atoms with Gasteiger partial charge in [0.25, 0.3) is 0 Å². The molecule has 1 atom stereocenters. The zero-order chi connectivity index (χ0) is 16.4. The van der Waals surface area contributed by atoms with E-state index in [1.54, 1.807) is 26.8 Å². The predicted octanol–water partition coefficient (Wildman–Crippen LogP) is 0.417. The number of carbonyl (C=O) groups excluding carboxylic acids is 1. The summed E-state index contributed by atoms with van der Waals surface area (Å²) >= 11 is 4.85. The monoisotopic (exact) mass is 329 g/mol. The topological polar surface area (TPSA) is 115 Å². The summed E-state index contributed by atoms with van der Waals surface area (Å²) in [6, 6.07) is 3.55. The Bertz CT molecular complexity index is 669. The Morgan fingerprint density at radius 3 is 2.24 bits per heavy atom. The summed E-state index contributed by atoms with van der Waals surface area (Å²) in [7, 11) is -3.86. The molecule has 0 aromatic heterocycles. The summed E-state index contributed by atoms with van der Waals surface area (Å²) < 4.78 is 27.1. The largest absolute Gasteiger partial charge is 0.389 e. The second-order valence-electron chi connectivity index (χ2n) is 5.09. The van der Waals surface area contributed by atoms with Crippen LogP contribution in [0.2, 0.25) is 0 Å². The van der Waals surface area contributed by atoms with Gasteiger partial charge in [0.05, 0.1) is 4.90 Å². The molecule has 0 aliphatic heterocycles. The molecule has 6 nitrogen and oxygen atoms in total. The molecule has 1 amide bonds. The van der Waals surface area contributed by atoms with Gasteiger partial charge < -0.3 is 11.5 Å². The number of hydrogen-bond acceptors (Lipinski definition) is 4. The zero-order valence-corrected chi connectivity index (χ0v) is 13.7. The van der Waals surface area contributed by atoms with Crippen molar-refractivity contribution in [2.75, 3.05) is 0 Å². The summed E-state index contributed by atoms with van der Waals surface area (Å²) in [5, 5.41) is 0. The number of primary amides is 1. The number of hydrogen-bond donors (Lipinski definition) is 3. The van der Waals surface area contributed by atoms with Gasteiger partial charge in [-0.1, -0.05) is 32.1 Å². The lowest BCUT2D eigenvalue weighted by molar-refractivity contribution is -0.120. The first kappa shape index (κ1) is 17.5.